The zero-order valence-corrected chi connectivity index (χ0v) is 14.9. The van der Waals surface area contributed by atoms with Crippen molar-refractivity contribution in [3.63, 3.8) is 0 Å². The predicted molar refractivity (Wildman–Crippen MR) is 104 cm³/mol. The molecule has 132 valence electrons. The van der Waals surface area contributed by atoms with E-state index in [0.29, 0.717) is 12.2 Å². The molecular weight excluding hydrogens is 326 g/mol. The van der Waals surface area contributed by atoms with Gasteiger partial charge in [-0.15, -0.1) is 0 Å². The van der Waals surface area contributed by atoms with Crippen LogP contribution in [0.5, 0.6) is 5.75 Å². The van der Waals surface area contributed by atoms with Crippen molar-refractivity contribution in [2.45, 2.75) is 6.42 Å². The summed E-state index contributed by atoms with van der Waals surface area (Å²) in [5.41, 5.74) is 3.90. The van der Waals surface area contributed by atoms with Crippen LogP contribution >= 0.6 is 0 Å². The molecular formula is C21H21N3O2. The van der Waals surface area contributed by atoms with E-state index in [4.69, 9.17) is 4.74 Å². The number of fused-ring (bicyclic) bond motifs is 2. The van der Waals surface area contributed by atoms with Crippen LogP contribution in [0.2, 0.25) is 0 Å². The Morgan fingerprint density at radius 3 is 2.88 bits per heavy atom. The van der Waals surface area contributed by atoms with Crippen molar-refractivity contribution in [2.24, 2.45) is 7.05 Å². The molecule has 0 unspecified atom stereocenters. The molecule has 0 aliphatic heterocycles. The van der Waals surface area contributed by atoms with Gasteiger partial charge in [0.2, 0.25) is 0 Å². The molecule has 2 aromatic carbocycles. The lowest BCUT2D eigenvalue weighted by molar-refractivity contribution is 0.0950. The molecule has 2 heterocycles. The van der Waals surface area contributed by atoms with E-state index in [0.717, 1.165) is 23.1 Å². The summed E-state index contributed by atoms with van der Waals surface area (Å²) in [5.74, 6) is 0.669. The third-order valence-corrected chi connectivity index (χ3v) is 4.73. The molecule has 0 aliphatic rings. The number of nitrogens with zero attached hydrogens (tertiary/aromatic N) is 1. The van der Waals surface area contributed by atoms with Gasteiger partial charge in [-0.2, -0.15) is 0 Å². The molecule has 26 heavy (non-hydrogen) atoms. The van der Waals surface area contributed by atoms with Gasteiger partial charge in [0, 0.05) is 47.7 Å². The first-order valence-electron chi connectivity index (χ1n) is 8.63. The van der Waals surface area contributed by atoms with Gasteiger partial charge in [-0.1, -0.05) is 18.2 Å². The second kappa shape index (κ2) is 6.59. The molecule has 0 radical (unpaired) electrons. The number of nitrogens with one attached hydrogen (secondary N) is 2. The number of ether oxygens (including phenoxy) is 1. The van der Waals surface area contributed by atoms with Crippen LogP contribution in [0.4, 0.5) is 0 Å². The van der Waals surface area contributed by atoms with Gasteiger partial charge < -0.3 is 19.6 Å². The second-order valence-electron chi connectivity index (χ2n) is 6.42. The lowest BCUT2D eigenvalue weighted by atomic mass is 10.1. The molecule has 0 atom stereocenters. The fourth-order valence-electron chi connectivity index (χ4n) is 3.39. The molecule has 0 fully saturated rings. The van der Waals surface area contributed by atoms with Crippen LogP contribution in [-0.4, -0.2) is 29.1 Å². The first-order chi connectivity index (χ1) is 12.7. The molecule has 5 heteroatoms. The lowest BCUT2D eigenvalue weighted by Gasteiger charge is -2.03. The number of H-pyrrole nitrogens is 1. The van der Waals surface area contributed by atoms with Gasteiger partial charge in [0.05, 0.1) is 7.11 Å². The van der Waals surface area contributed by atoms with Crippen LogP contribution in [0.15, 0.2) is 54.7 Å². The minimum atomic E-state index is -0.0968. The number of benzene rings is 2. The Hall–Kier alpha value is -3.21. The van der Waals surface area contributed by atoms with E-state index in [1.54, 1.807) is 7.11 Å². The molecule has 4 rings (SSSR count). The number of rotatable bonds is 5. The molecule has 0 bridgehead atoms. The van der Waals surface area contributed by atoms with Gasteiger partial charge in [-0.05, 0) is 36.2 Å². The molecule has 5 nitrogen and oxygen atoms in total. The normalized spacial score (nSPS) is 11.2. The summed E-state index contributed by atoms with van der Waals surface area (Å²) in [6.07, 6.45) is 2.92. The van der Waals surface area contributed by atoms with Crippen molar-refractivity contribution in [3.8, 4) is 5.75 Å². The number of aryl methyl sites for hydroxylation is 1. The number of aromatic nitrogens is 2. The molecule has 2 aromatic heterocycles. The topological polar surface area (TPSA) is 59.0 Å². The predicted octanol–water partition coefficient (Wildman–Crippen LogP) is 3.64. The summed E-state index contributed by atoms with van der Waals surface area (Å²) in [5, 5.41) is 5.23. The van der Waals surface area contributed by atoms with Crippen LogP contribution in [0.25, 0.3) is 21.8 Å². The highest BCUT2D eigenvalue weighted by Gasteiger charge is 2.11. The Bertz CT molecular complexity index is 1090. The molecule has 1 amide bonds. The van der Waals surface area contributed by atoms with Gasteiger partial charge in [-0.3, -0.25) is 4.79 Å². The maximum Gasteiger partial charge on any atom is 0.267 e. The third kappa shape index (κ3) is 2.92. The number of carbonyl (C=O) groups excluding carboxylic acids is 1. The van der Waals surface area contributed by atoms with Crippen LogP contribution in [0, 0.1) is 0 Å². The average Bonchev–Trinajstić information content (AvgIpc) is 3.23. The van der Waals surface area contributed by atoms with Crippen molar-refractivity contribution in [1.82, 2.24) is 14.9 Å². The highest BCUT2D eigenvalue weighted by Crippen LogP contribution is 2.22. The fourth-order valence-corrected chi connectivity index (χ4v) is 3.39. The number of aromatic amines is 1. The number of hydrogen-bond acceptors (Lipinski definition) is 2. The van der Waals surface area contributed by atoms with Crippen LogP contribution < -0.4 is 10.1 Å². The van der Waals surface area contributed by atoms with Crippen molar-refractivity contribution in [1.29, 1.82) is 0 Å². The lowest BCUT2D eigenvalue weighted by Crippen LogP contribution is -2.25. The van der Waals surface area contributed by atoms with Crippen LogP contribution in [0.1, 0.15) is 16.1 Å². The van der Waals surface area contributed by atoms with E-state index in [-0.39, 0.29) is 5.91 Å². The molecule has 0 saturated carbocycles. The second-order valence-corrected chi connectivity index (χ2v) is 6.42. The Balaban J connectivity index is 1.45. The van der Waals surface area contributed by atoms with E-state index in [1.807, 2.05) is 43.4 Å². The van der Waals surface area contributed by atoms with E-state index < -0.39 is 0 Å². The quantitative estimate of drug-likeness (QED) is 0.579. The Labute approximate surface area is 151 Å². The minimum absolute atomic E-state index is 0.0968. The first kappa shape index (κ1) is 16.3. The van der Waals surface area contributed by atoms with Crippen LogP contribution in [0.3, 0.4) is 0 Å². The molecule has 2 N–H and O–H groups in total. The number of amides is 1. The van der Waals surface area contributed by atoms with Gasteiger partial charge in [0.15, 0.2) is 0 Å². The molecule has 0 saturated heterocycles. The van der Waals surface area contributed by atoms with Crippen molar-refractivity contribution >= 4 is 27.7 Å². The first-order valence-corrected chi connectivity index (χ1v) is 8.63. The summed E-state index contributed by atoms with van der Waals surface area (Å²) in [7, 11) is 3.67. The maximum atomic E-state index is 12.4. The Kier molecular flexibility index (Phi) is 4.13. The van der Waals surface area contributed by atoms with Crippen molar-refractivity contribution < 1.29 is 9.53 Å². The van der Waals surface area contributed by atoms with Gasteiger partial charge >= 0.3 is 0 Å². The number of methoxy groups -OCH3 is 1. The van der Waals surface area contributed by atoms with E-state index in [1.165, 1.54) is 16.5 Å². The van der Waals surface area contributed by atoms with Gasteiger partial charge in [-0.25, -0.2) is 0 Å². The summed E-state index contributed by atoms with van der Waals surface area (Å²) in [4.78, 5) is 15.6. The number of para-hydroxylation sites is 1. The summed E-state index contributed by atoms with van der Waals surface area (Å²) < 4.78 is 7.34. The summed E-state index contributed by atoms with van der Waals surface area (Å²) >= 11 is 0. The van der Waals surface area contributed by atoms with Crippen LogP contribution in [-0.2, 0) is 13.5 Å². The van der Waals surface area contributed by atoms with Crippen molar-refractivity contribution in [2.75, 3.05) is 13.7 Å². The molecule has 0 spiro atoms. The van der Waals surface area contributed by atoms with Crippen molar-refractivity contribution in [3.05, 3.63) is 66.0 Å². The van der Waals surface area contributed by atoms with Gasteiger partial charge in [0.1, 0.15) is 11.4 Å². The largest absolute Gasteiger partial charge is 0.497 e. The Morgan fingerprint density at radius 2 is 2.04 bits per heavy atom. The van der Waals surface area contributed by atoms with Gasteiger partial charge in [0.25, 0.3) is 5.91 Å². The molecule has 4 aromatic rings. The van der Waals surface area contributed by atoms with E-state index in [2.05, 4.69) is 33.2 Å². The Morgan fingerprint density at radius 1 is 1.19 bits per heavy atom. The highest BCUT2D eigenvalue weighted by atomic mass is 16.5. The maximum absolute atomic E-state index is 12.4. The average molecular weight is 347 g/mol. The van der Waals surface area contributed by atoms with E-state index >= 15 is 0 Å². The monoisotopic (exact) mass is 347 g/mol. The fraction of sp³-hybridized carbons (Fsp3) is 0.190. The summed E-state index contributed by atoms with van der Waals surface area (Å²) in [6, 6.07) is 15.9. The third-order valence-electron chi connectivity index (χ3n) is 4.73. The number of carbonyl (C=O) groups is 1. The SMILES string of the molecule is COc1ccc2cc(C(=O)NCCc3cn(C)c4ccccc34)[nH]c2c1. The van der Waals surface area contributed by atoms with E-state index in [9.17, 15) is 4.79 Å². The zero-order valence-electron chi connectivity index (χ0n) is 14.9. The smallest absolute Gasteiger partial charge is 0.267 e. The number of hydrogen-bond donors (Lipinski definition) is 2. The highest BCUT2D eigenvalue weighted by molar-refractivity contribution is 5.98. The molecule has 0 aliphatic carbocycles. The summed E-state index contributed by atoms with van der Waals surface area (Å²) in [6.45, 7) is 0.589. The standard InChI is InChI=1S/C21H21N3O2/c1-24-13-15(17-5-3-4-6-20(17)24)9-10-22-21(25)19-11-14-7-8-16(26-2)12-18(14)23-19/h3-8,11-13,23H,9-10H2,1-2H3,(H,22,25). The minimum Gasteiger partial charge on any atom is -0.497 e. The zero-order chi connectivity index (χ0) is 18.1.